The van der Waals surface area contributed by atoms with E-state index in [1.807, 2.05) is 0 Å². The SMILES string of the molecule is CCC(=O)N(N)C(=O)c1nc2cc(OC)c(OC)cc2n(C)c1=O. The van der Waals surface area contributed by atoms with Crippen LogP contribution in [0.2, 0.25) is 0 Å². The van der Waals surface area contributed by atoms with Crippen LogP contribution >= 0.6 is 0 Å². The first-order valence-corrected chi connectivity index (χ1v) is 7.10. The largest absolute Gasteiger partial charge is 0.493 e. The zero-order valence-electron chi connectivity index (χ0n) is 13.8. The highest BCUT2D eigenvalue weighted by molar-refractivity contribution is 6.03. The molecule has 0 unspecified atom stereocenters. The van der Waals surface area contributed by atoms with Crippen molar-refractivity contribution in [2.45, 2.75) is 13.3 Å². The fraction of sp³-hybridized carbons (Fsp3) is 0.333. The molecular formula is C15H18N4O5. The van der Waals surface area contributed by atoms with E-state index >= 15 is 0 Å². The van der Waals surface area contributed by atoms with E-state index < -0.39 is 23.1 Å². The lowest BCUT2D eigenvalue weighted by molar-refractivity contribution is -0.128. The summed E-state index contributed by atoms with van der Waals surface area (Å²) >= 11 is 0. The van der Waals surface area contributed by atoms with Crippen LogP contribution in [0.25, 0.3) is 11.0 Å². The van der Waals surface area contributed by atoms with Gasteiger partial charge in [0.05, 0.1) is 25.3 Å². The summed E-state index contributed by atoms with van der Waals surface area (Å²) in [6.07, 6.45) is 0.0289. The monoisotopic (exact) mass is 334 g/mol. The number of hydrazine groups is 1. The third-order valence-corrected chi connectivity index (χ3v) is 3.57. The maximum absolute atomic E-state index is 12.4. The van der Waals surface area contributed by atoms with Crippen molar-refractivity contribution in [3.05, 3.63) is 28.2 Å². The lowest BCUT2D eigenvalue weighted by Crippen LogP contribution is -2.45. The highest BCUT2D eigenvalue weighted by atomic mass is 16.5. The van der Waals surface area contributed by atoms with Crippen LogP contribution in [0.15, 0.2) is 16.9 Å². The number of ether oxygens (including phenoxy) is 2. The predicted octanol–water partition coefficient (Wildman–Crippen LogP) is 0.203. The molecule has 2 rings (SSSR count). The van der Waals surface area contributed by atoms with Crippen LogP contribution in [-0.4, -0.2) is 40.6 Å². The van der Waals surface area contributed by atoms with Gasteiger partial charge in [-0.15, -0.1) is 0 Å². The number of methoxy groups -OCH3 is 2. The van der Waals surface area contributed by atoms with Gasteiger partial charge in [-0.25, -0.2) is 15.8 Å². The van der Waals surface area contributed by atoms with Crippen molar-refractivity contribution >= 4 is 22.8 Å². The quantitative estimate of drug-likeness (QED) is 0.482. The fourth-order valence-electron chi connectivity index (χ4n) is 2.19. The number of nitrogens with two attached hydrogens (primary N) is 1. The van der Waals surface area contributed by atoms with Crippen molar-refractivity contribution in [1.82, 2.24) is 14.6 Å². The van der Waals surface area contributed by atoms with Crippen LogP contribution in [0.5, 0.6) is 11.5 Å². The van der Waals surface area contributed by atoms with Crippen LogP contribution < -0.4 is 20.9 Å². The highest BCUT2D eigenvalue weighted by Crippen LogP contribution is 2.30. The Labute approximate surface area is 137 Å². The summed E-state index contributed by atoms with van der Waals surface area (Å²) in [5, 5.41) is 0.399. The molecule has 1 heterocycles. The van der Waals surface area contributed by atoms with Crippen LogP contribution in [0, 0.1) is 0 Å². The second-order valence-electron chi connectivity index (χ2n) is 4.94. The Morgan fingerprint density at radius 2 is 1.83 bits per heavy atom. The van der Waals surface area contributed by atoms with Gasteiger partial charge in [-0.1, -0.05) is 6.92 Å². The van der Waals surface area contributed by atoms with E-state index in [1.165, 1.54) is 31.9 Å². The van der Waals surface area contributed by atoms with Gasteiger partial charge in [0.1, 0.15) is 0 Å². The van der Waals surface area contributed by atoms with Gasteiger partial charge < -0.3 is 14.0 Å². The molecule has 0 radical (unpaired) electrons. The number of benzene rings is 1. The zero-order chi connectivity index (χ0) is 18.0. The number of aromatic nitrogens is 2. The standard InChI is InChI=1S/C15H18N4O5/c1-5-12(20)19(16)15(22)13-14(21)18(2)9-7-11(24-4)10(23-3)6-8(9)17-13/h6-7H,5,16H2,1-4H3. The van der Waals surface area contributed by atoms with E-state index in [4.69, 9.17) is 15.3 Å². The lowest BCUT2D eigenvalue weighted by Gasteiger charge is -2.15. The molecule has 0 aliphatic carbocycles. The summed E-state index contributed by atoms with van der Waals surface area (Å²) in [6.45, 7) is 1.55. The van der Waals surface area contributed by atoms with Gasteiger partial charge in [0.15, 0.2) is 17.2 Å². The van der Waals surface area contributed by atoms with Gasteiger partial charge in [-0.05, 0) is 0 Å². The van der Waals surface area contributed by atoms with Crippen LogP contribution in [-0.2, 0) is 11.8 Å². The van der Waals surface area contributed by atoms with E-state index in [0.717, 1.165) is 0 Å². The molecule has 0 saturated heterocycles. The molecule has 9 nitrogen and oxygen atoms in total. The Bertz CT molecular complexity index is 874. The van der Waals surface area contributed by atoms with Crippen LogP contribution in [0.3, 0.4) is 0 Å². The number of fused-ring (bicyclic) bond motifs is 1. The molecule has 0 fully saturated rings. The fourth-order valence-corrected chi connectivity index (χ4v) is 2.19. The van der Waals surface area contributed by atoms with Gasteiger partial charge >= 0.3 is 0 Å². The van der Waals surface area contributed by atoms with Crippen LogP contribution in [0.1, 0.15) is 23.8 Å². The number of nitrogens with zero attached hydrogens (tertiary/aromatic N) is 3. The van der Waals surface area contributed by atoms with Crippen molar-refractivity contribution in [3.63, 3.8) is 0 Å². The maximum atomic E-state index is 12.4. The second-order valence-corrected chi connectivity index (χ2v) is 4.94. The Kier molecular flexibility index (Phi) is 4.84. The normalized spacial score (nSPS) is 10.5. The van der Waals surface area contributed by atoms with E-state index in [1.54, 1.807) is 13.0 Å². The van der Waals surface area contributed by atoms with E-state index in [9.17, 15) is 14.4 Å². The molecule has 0 bridgehead atoms. The van der Waals surface area contributed by atoms with Crippen LogP contribution in [0.4, 0.5) is 0 Å². The number of rotatable bonds is 4. The average Bonchev–Trinajstić information content (AvgIpc) is 2.61. The molecule has 0 atom stereocenters. The first-order chi connectivity index (χ1) is 11.3. The number of hydrogen-bond donors (Lipinski definition) is 1. The number of carbonyl (C=O) groups is 2. The summed E-state index contributed by atoms with van der Waals surface area (Å²) < 4.78 is 11.6. The molecule has 0 saturated carbocycles. The van der Waals surface area contributed by atoms with E-state index in [2.05, 4.69) is 4.98 Å². The molecule has 0 aliphatic heterocycles. The smallest absolute Gasteiger partial charge is 0.299 e. The summed E-state index contributed by atoms with van der Waals surface area (Å²) in [4.78, 5) is 40.3. The lowest BCUT2D eigenvalue weighted by atomic mass is 10.2. The minimum Gasteiger partial charge on any atom is -0.493 e. The molecule has 0 aliphatic rings. The zero-order valence-corrected chi connectivity index (χ0v) is 13.8. The Hall–Kier alpha value is -2.94. The number of carbonyl (C=O) groups excluding carboxylic acids is 2. The van der Waals surface area contributed by atoms with Gasteiger partial charge in [-0.3, -0.25) is 14.4 Å². The van der Waals surface area contributed by atoms with Crippen molar-refractivity contribution in [3.8, 4) is 11.5 Å². The molecular weight excluding hydrogens is 316 g/mol. The number of hydrogen-bond acceptors (Lipinski definition) is 7. The molecule has 1 aromatic carbocycles. The molecule has 24 heavy (non-hydrogen) atoms. The number of imide groups is 1. The average molecular weight is 334 g/mol. The molecule has 2 N–H and O–H groups in total. The van der Waals surface area contributed by atoms with Gasteiger partial charge in [0.25, 0.3) is 11.5 Å². The first kappa shape index (κ1) is 17.4. The first-order valence-electron chi connectivity index (χ1n) is 7.10. The van der Waals surface area contributed by atoms with Crippen molar-refractivity contribution in [2.75, 3.05) is 14.2 Å². The molecule has 2 aromatic rings. The minimum atomic E-state index is -0.959. The van der Waals surface area contributed by atoms with Crippen molar-refractivity contribution < 1.29 is 19.1 Å². The minimum absolute atomic E-state index is 0.0289. The van der Waals surface area contributed by atoms with Crippen molar-refractivity contribution in [2.24, 2.45) is 12.9 Å². The third kappa shape index (κ3) is 2.81. The van der Waals surface area contributed by atoms with E-state index in [-0.39, 0.29) is 6.42 Å². The van der Waals surface area contributed by atoms with Gasteiger partial charge in [0, 0.05) is 25.6 Å². The highest BCUT2D eigenvalue weighted by Gasteiger charge is 2.24. The van der Waals surface area contributed by atoms with E-state index in [0.29, 0.717) is 27.5 Å². The summed E-state index contributed by atoms with van der Waals surface area (Å²) in [6, 6.07) is 3.11. The molecule has 1 aromatic heterocycles. The second kappa shape index (κ2) is 6.67. The van der Waals surface area contributed by atoms with Gasteiger partial charge in [-0.2, -0.15) is 0 Å². The Balaban J connectivity index is 2.70. The summed E-state index contributed by atoms with van der Waals surface area (Å²) in [5.41, 5.74) is -0.337. The van der Waals surface area contributed by atoms with Crippen molar-refractivity contribution in [1.29, 1.82) is 0 Å². The topological polar surface area (TPSA) is 117 Å². The molecule has 0 spiro atoms. The van der Waals surface area contributed by atoms with Gasteiger partial charge in [0.2, 0.25) is 5.91 Å². The Morgan fingerprint density at radius 3 is 2.38 bits per heavy atom. The maximum Gasteiger partial charge on any atom is 0.299 e. The molecule has 2 amide bonds. The Morgan fingerprint density at radius 1 is 1.25 bits per heavy atom. The number of amides is 2. The third-order valence-electron chi connectivity index (χ3n) is 3.57. The predicted molar refractivity (Wildman–Crippen MR) is 85.7 cm³/mol. The summed E-state index contributed by atoms with van der Waals surface area (Å²) in [7, 11) is 4.41. The summed E-state index contributed by atoms with van der Waals surface area (Å²) in [5.74, 6) is 4.71. The molecule has 128 valence electrons. The number of aryl methyl sites for hydroxylation is 1. The molecule has 9 heteroatoms.